The number of aliphatic hydroxyl groups is 2. The molecule has 41 heavy (non-hydrogen) atoms. The summed E-state index contributed by atoms with van der Waals surface area (Å²) in [5.74, 6) is 1.92. The predicted octanol–water partition coefficient (Wildman–Crippen LogP) is 4.11. The number of rotatable bonds is 8. The Morgan fingerprint density at radius 3 is 2.10 bits per heavy atom. The summed E-state index contributed by atoms with van der Waals surface area (Å²) >= 11 is 6.44. The van der Waals surface area contributed by atoms with Crippen LogP contribution in [0.1, 0.15) is 41.2 Å². The van der Waals surface area contributed by atoms with Crippen molar-refractivity contribution in [3.63, 3.8) is 0 Å². The quantitative estimate of drug-likeness (QED) is 0.234. The van der Waals surface area contributed by atoms with Crippen molar-refractivity contribution >= 4 is 28.6 Å². The molecule has 0 bridgehead atoms. The van der Waals surface area contributed by atoms with Gasteiger partial charge in [-0.2, -0.15) is 15.1 Å². The van der Waals surface area contributed by atoms with Gasteiger partial charge < -0.3 is 29.6 Å². The Hall–Kier alpha value is -4.19. The summed E-state index contributed by atoms with van der Waals surface area (Å²) in [6.07, 6.45) is 3.55. The van der Waals surface area contributed by atoms with Gasteiger partial charge in [0.15, 0.2) is 17.0 Å². The monoisotopic (exact) mass is 575 g/mol. The van der Waals surface area contributed by atoms with Gasteiger partial charge in [-0.3, -0.25) is 4.68 Å². The van der Waals surface area contributed by atoms with Crippen LogP contribution in [0, 0.1) is 6.92 Å². The van der Waals surface area contributed by atoms with Gasteiger partial charge in [-0.15, -0.1) is 0 Å². The SMILES string of the molecule is COc1ccc(C(Nc2nc(Cl)nc3c2ncn3C2CC(n3cc(C)cn3)C(O)C2O)c2ccc(OC)cc2)cc1. The predicted molar refractivity (Wildman–Crippen MR) is 153 cm³/mol. The lowest BCUT2D eigenvalue weighted by Gasteiger charge is -2.22. The zero-order chi connectivity index (χ0) is 28.7. The van der Waals surface area contributed by atoms with Crippen molar-refractivity contribution in [1.29, 1.82) is 0 Å². The Labute approximate surface area is 241 Å². The number of halogens is 1. The zero-order valence-corrected chi connectivity index (χ0v) is 23.5. The highest BCUT2D eigenvalue weighted by molar-refractivity contribution is 6.28. The molecule has 0 amide bonds. The number of nitrogens with one attached hydrogen (secondary N) is 1. The van der Waals surface area contributed by atoms with E-state index >= 15 is 0 Å². The lowest BCUT2D eigenvalue weighted by atomic mass is 9.98. The molecule has 2 aromatic carbocycles. The molecule has 1 aliphatic rings. The summed E-state index contributed by atoms with van der Waals surface area (Å²) in [5.41, 5.74) is 3.84. The first-order chi connectivity index (χ1) is 19.9. The largest absolute Gasteiger partial charge is 0.497 e. The van der Waals surface area contributed by atoms with Crippen LogP contribution >= 0.6 is 11.6 Å². The molecule has 12 heteroatoms. The molecule has 5 aromatic rings. The molecule has 0 aliphatic heterocycles. The van der Waals surface area contributed by atoms with Gasteiger partial charge in [-0.25, -0.2) is 4.98 Å². The highest BCUT2D eigenvalue weighted by Crippen LogP contribution is 2.40. The summed E-state index contributed by atoms with van der Waals surface area (Å²) in [6.45, 7) is 1.93. The number of hydrogen-bond donors (Lipinski definition) is 3. The molecule has 1 aliphatic carbocycles. The van der Waals surface area contributed by atoms with Gasteiger partial charge in [0, 0.05) is 6.20 Å². The van der Waals surface area contributed by atoms with Crippen LogP contribution in [0.25, 0.3) is 11.2 Å². The summed E-state index contributed by atoms with van der Waals surface area (Å²) in [7, 11) is 3.26. The minimum Gasteiger partial charge on any atom is -0.497 e. The maximum absolute atomic E-state index is 11.0. The smallest absolute Gasteiger partial charge is 0.226 e. The summed E-state index contributed by atoms with van der Waals surface area (Å²) < 4.78 is 14.2. The van der Waals surface area contributed by atoms with E-state index < -0.39 is 24.3 Å². The molecule has 212 valence electrons. The van der Waals surface area contributed by atoms with Gasteiger partial charge in [0.1, 0.15) is 23.7 Å². The zero-order valence-electron chi connectivity index (χ0n) is 22.7. The number of aliphatic hydroxyl groups excluding tert-OH is 2. The lowest BCUT2D eigenvalue weighted by Crippen LogP contribution is -2.30. The fourth-order valence-electron chi connectivity index (χ4n) is 5.46. The minimum absolute atomic E-state index is 0.0252. The maximum Gasteiger partial charge on any atom is 0.226 e. The van der Waals surface area contributed by atoms with Crippen LogP contribution in [0.5, 0.6) is 11.5 Å². The molecular formula is C29H30ClN7O4. The number of hydrogen-bond acceptors (Lipinski definition) is 9. The van der Waals surface area contributed by atoms with E-state index in [9.17, 15) is 10.2 Å². The molecule has 6 rings (SSSR count). The first-order valence-electron chi connectivity index (χ1n) is 13.2. The van der Waals surface area contributed by atoms with Gasteiger partial charge >= 0.3 is 0 Å². The van der Waals surface area contributed by atoms with Crippen LogP contribution in [0.15, 0.2) is 67.3 Å². The number of nitrogens with zero attached hydrogens (tertiary/aromatic N) is 6. The second-order valence-electron chi connectivity index (χ2n) is 10.1. The van der Waals surface area contributed by atoms with E-state index in [-0.39, 0.29) is 11.3 Å². The van der Waals surface area contributed by atoms with E-state index in [0.29, 0.717) is 23.4 Å². The van der Waals surface area contributed by atoms with Crippen molar-refractivity contribution in [2.24, 2.45) is 0 Å². The van der Waals surface area contributed by atoms with Crippen molar-refractivity contribution in [3.8, 4) is 11.5 Å². The van der Waals surface area contributed by atoms with Crippen molar-refractivity contribution in [1.82, 2.24) is 29.3 Å². The lowest BCUT2D eigenvalue weighted by molar-refractivity contribution is 0.00722. The second kappa shape index (κ2) is 11.0. The molecule has 11 nitrogen and oxygen atoms in total. The first kappa shape index (κ1) is 27.0. The average molecular weight is 576 g/mol. The molecule has 4 atom stereocenters. The van der Waals surface area contributed by atoms with E-state index in [2.05, 4.69) is 25.4 Å². The third-order valence-corrected chi connectivity index (χ3v) is 7.79. The highest BCUT2D eigenvalue weighted by atomic mass is 35.5. The normalized spacial score (nSPS) is 20.6. The molecule has 0 radical (unpaired) electrons. The molecule has 3 heterocycles. The Bertz CT molecular complexity index is 1610. The molecule has 0 spiro atoms. The topological polar surface area (TPSA) is 132 Å². The van der Waals surface area contributed by atoms with E-state index in [0.717, 1.165) is 28.2 Å². The third-order valence-electron chi connectivity index (χ3n) is 7.62. The second-order valence-corrected chi connectivity index (χ2v) is 10.5. The van der Waals surface area contributed by atoms with Gasteiger partial charge in [0.25, 0.3) is 0 Å². The summed E-state index contributed by atoms with van der Waals surface area (Å²) in [6, 6.07) is 14.3. The van der Waals surface area contributed by atoms with Gasteiger partial charge in [0.2, 0.25) is 5.28 Å². The van der Waals surface area contributed by atoms with Crippen LogP contribution in [-0.4, -0.2) is 65.9 Å². The van der Waals surface area contributed by atoms with Crippen molar-refractivity contribution < 1.29 is 19.7 Å². The molecule has 1 saturated carbocycles. The number of aryl methyl sites for hydroxylation is 1. The number of imidazole rings is 1. The summed E-state index contributed by atoms with van der Waals surface area (Å²) in [5, 5.41) is 29.8. The van der Waals surface area contributed by atoms with Crippen LogP contribution in [0.4, 0.5) is 5.82 Å². The van der Waals surface area contributed by atoms with E-state index in [1.165, 1.54) is 0 Å². The summed E-state index contributed by atoms with van der Waals surface area (Å²) in [4.78, 5) is 13.6. The number of ether oxygens (including phenoxy) is 2. The molecule has 1 fully saturated rings. The number of methoxy groups -OCH3 is 2. The van der Waals surface area contributed by atoms with Crippen molar-refractivity contribution in [2.45, 2.75) is 43.7 Å². The number of fused-ring (bicyclic) bond motifs is 1. The third kappa shape index (κ3) is 5.08. The standard InChI is InChI=1S/C29H30ClN7O4/c1-16-13-32-37(14-16)22-12-21(25(38)26(22)39)36-15-31-24-27(34-29(30)35-28(24)36)33-23(17-4-8-19(40-2)9-5-17)18-6-10-20(41-3)11-7-18/h4-11,13-15,21-23,25-26,38-39H,12H2,1-3H3,(H,33,34,35). The van der Waals surface area contributed by atoms with Crippen LogP contribution in [-0.2, 0) is 0 Å². The van der Waals surface area contributed by atoms with Crippen LogP contribution < -0.4 is 14.8 Å². The van der Waals surface area contributed by atoms with E-state index in [1.807, 2.05) is 61.7 Å². The fourth-order valence-corrected chi connectivity index (χ4v) is 5.62. The Morgan fingerprint density at radius 1 is 0.927 bits per heavy atom. The number of aromatic nitrogens is 6. The highest BCUT2D eigenvalue weighted by Gasteiger charge is 2.44. The molecule has 3 aromatic heterocycles. The Kier molecular flexibility index (Phi) is 7.24. The van der Waals surface area contributed by atoms with Gasteiger partial charge in [-0.05, 0) is 65.9 Å². The van der Waals surface area contributed by atoms with Gasteiger partial charge in [0.05, 0.1) is 44.9 Å². The van der Waals surface area contributed by atoms with Crippen LogP contribution in [0.2, 0.25) is 5.28 Å². The number of anilines is 1. The Morgan fingerprint density at radius 2 is 1.54 bits per heavy atom. The number of benzene rings is 2. The van der Waals surface area contributed by atoms with Crippen molar-refractivity contribution in [3.05, 3.63) is 89.2 Å². The van der Waals surface area contributed by atoms with Gasteiger partial charge in [-0.1, -0.05) is 24.3 Å². The fraction of sp³-hybridized carbons (Fsp3) is 0.310. The average Bonchev–Trinajstić information content (AvgIpc) is 3.69. The molecule has 0 saturated heterocycles. The Balaban J connectivity index is 1.37. The van der Waals surface area contributed by atoms with E-state index in [4.69, 9.17) is 21.1 Å². The minimum atomic E-state index is -1.06. The maximum atomic E-state index is 11.0. The first-order valence-corrected chi connectivity index (χ1v) is 13.6. The van der Waals surface area contributed by atoms with Crippen LogP contribution in [0.3, 0.4) is 0 Å². The molecule has 3 N–H and O–H groups in total. The molecule has 4 unspecified atom stereocenters. The van der Waals surface area contributed by atoms with E-state index in [1.54, 1.807) is 36.0 Å². The van der Waals surface area contributed by atoms with Crippen molar-refractivity contribution in [2.75, 3.05) is 19.5 Å². The molecular weight excluding hydrogens is 546 g/mol.